The van der Waals surface area contributed by atoms with Gasteiger partial charge in [-0.3, -0.25) is 0 Å². The molecule has 0 spiro atoms. The molecule has 4 heteroatoms. The molecule has 0 saturated heterocycles. The van der Waals surface area contributed by atoms with E-state index in [1.54, 1.807) is 0 Å². The Balaban J connectivity index is 0.956. The number of hydrogen-bond donors (Lipinski definition) is 0. The summed E-state index contributed by atoms with van der Waals surface area (Å²) in [5.74, 6) is 0. The fourth-order valence-electron chi connectivity index (χ4n) is 8.79. The third-order valence-electron chi connectivity index (χ3n) is 12.1. The fourth-order valence-corrected chi connectivity index (χ4v) is 9.88. The lowest BCUT2D eigenvalue weighted by Crippen LogP contribution is -2.12. The lowest BCUT2D eigenvalue weighted by atomic mass is 9.85. The van der Waals surface area contributed by atoms with Gasteiger partial charge in [0.25, 0.3) is 0 Å². The summed E-state index contributed by atoms with van der Waals surface area (Å²) in [4.78, 5) is 2.34. The third kappa shape index (κ3) is 6.19. The minimum Gasteiger partial charge on any atom is -0.311 e. The van der Waals surface area contributed by atoms with Gasteiger partial charge < -0.3 is 9.47 Å². The summed E-state index contributed by atoms with van der Waals surface area (Å²) in [6, 6.07) is 70.8. The Morgan fingerprint density at radius 1 is 0.500 bits per heavy atom. The average Bonchev–Trinajstić information content (AvgIpc) is 3.85. The van der Waals surface area contributed by atoms with Gasteiger partial charge in [0.05, 0.1) is 22.5 Å². The second kappa shape index (κ2) is 14.4. The van der Waals surface area contributed by atoms with Crippen molar-refractivity contribution in [2.75, 3.05) is 4.90 Å². The number of nitriles is 1. The van der Waals surface area contributed by atoms with Crippen LogP contribution < -0.4 is 4.90 Å². The molecular formula is C56H39N3S. The summed E-state index contributed by atoms with van der Waals surface area (Å²) in [6.07, 6.45) is 7.03. The van der Waals surface area contributed by atoms with Crippen molar-refractivity contribution in [3.05, 3.63) is 206 Å². The molecule has 1 aliphatic carbocycles. The molecule has 1 unspecified atom stereocenters. The first-order valence-corrected chi connectivity index (χ1v) is 21.3. The predicted molar refractivity (Wildman–Crippen MR) is 255 cm³/mol. The maximum atomic E-state index is 9.72. The van der Waals surface area contributed by atoms with Gasteiger partial charge in [-0.1, -0.05) is 127 Å². The first kappa shape index (κ1) is 35.7. The standard InChI is InChI=1S/C56H39N3S/c1-56(37-57)33-31-47(32-34-56)59-52-13-7-5-11-48(52)50-35-42(21-29-53(50)59)40-17-25-45(26-18-40)58(44-23-15-39(16-24-44)38-9-3-2-4-10-38)46-27-19-41(20-28-46)43-22-30-55-51(36-43)49-12-6-8-14-54(49)60-55/h2-33,35-36H,34H2,1H3. The number of nitrogens with zero attached hydrogens (tertiary/aromatic N) is 3. The Hall–Kier alpha value is -7.45. The maximum absolute atomic E-state index is 9.72. The number of allylic oxidation sites excluding steroid dienone is 4. The van der Waals surface area contributed by atoms with Crippen molar-refractivity contribution in [3.63, 3.8) is 0 Å². The normalized spacial score (nSPS) is 15.1. The minimum absolute atomic E-state index is 0.470. The highest BCUT2D eigenvalue weighted by atomic mass is 32.1. The molecule has 8 aromatic carbocycles. The largest absolute Gasteiger partial charge is 0.311 e. The smallest absolute Gasteiger partial charge is 0.0764 e. The Morgan fingerprint density at radius 3 is 1.63 bits per heavy atom. The van der Waals surface area contributed by atoms with E-state index in [2.05, 4.69) is 216 Å². The zero-order chi connectivity index (χ0) is 40.2. The first-order chi connectivity index (χ1) is 29.5. The number of hydrogen-bond acceptors (Lipinski definition) is 3. The highest BCUT2D eigenvalue weighted by Gasteiger charge is 2.24. The molecule has 3 nitrogen and oxygen atoms in total. The van der Waals surface area contributed by atoms with Gasteiger partial charge in [-0.15, -0.1) is 11.3 Å². The van der Waals surface area contributed by atoms with Crippen molar-refractivity contribution in [1.82, 2.24) is 4.57 Å². The van der Waals surface area contributed by atoms with Crippen molar-refractivity contribution in [1.29, 1.82) is 5.26 Å². The van der Waals surface area contributed by atoms with Crippen LogP contribution in [0.5, 0.6) is 0 Å². The third-order valence-corrected chi connectivity index (χ3v) is 13.2. The van der Waals surface area contributed by atoms with Crippen molar-refractivity contribution in [3.8, 4) is 39.4 Å². The van der Waals surface area contributed by atoms with Crippen LogP contribution in [0.2, 0.25) is 0 Å². The molecule has 2 heterocycles. The lowest BCUT2D eigenvalue weighted by molar-refractivity contribution is 0.573. The molecule has 10 aromatic rings. The molecule has 60 heavy (non-hydrogen) atoms. The summed E-state index contributed by atoms with van der Waals surface area (Å²) in [6.45, 7) is 1.99. The molecule has 0 aliphatic heterocycles. The Bertz CT molecular complexity index is 3340. The molecular weight excluding hydrogens is 747 g/mol. The fraction of sp³-hybridized carbons (Fsp3) is 0.0536. The topological polar surface area (TPSA) is 32.0 Å². The Morgan fingerprint density at radius 2 is 1.00 bits per heavy atom. The summed E-state index contributed by atoms with van der Waals surface area (Å²) in [5.41, 5.74) is 13.4. The van der Waals surface area contributed by atoms with Crippen LogP contribution in [0.15, 0.2) is 206 Å². The van der Waals surface area contributed by atoms with Gasteiger partial charge in [0, 0.05) is 53.7 Å². The van der Waals surface area contributed by atoms with Crippen molar-refractivity contribution >= 4 is 76.1 Å². The van der Waals surface area contributed by atoms with E-state index in [1.807, 2.05) is 24.3 Å². The van der Waals surface area contributed by atoms with E-state index in [9.17, 15) is 5.26 Å². The van der Waals surface area contributed by atoms with E-state index < -0.39 is 5.41 Å². The number of benzene rings is 8. The number of para-hydroxylation sites is 1. The van der Waals surface area contributed by atoms with E-state index in [4.69, 9.17) is 0 Å². The van der Waals surface area contributed by atoms with Gasteiger partial charge in [-0.25, -0.2) is 0 Å². The van der Waals surface area contributed by atoms with Gasteiger partial charge in [0.2, 0.25) is 0 Å². The lowest BCUT2D eigenvalue weighted by Gasteiger charge is -2.26. The summed E-state index contributed by atoms with van der Waals surface area (Å²) >= 11 is 1.85. The van der Waals surface area contributed by atoms with Crippen LogP contribution in [0, 0.1) is 16.7 Å². The molecule has 0 N–H and O–H groups in total. The molecule has 284 valence electrons. The highest BCUT2D eigenvalue weighted by Crippen LogP contribution is 2.41. The number of anilines is 3. The molecule has 0 bridgehead atoms. The zero-order valence-corrected chi connectivity index (χ0v) is 33.9. The van der Waals surface area contributed by atoms with E-state index in [1.165, 1.54) is 58.8 Å². The zero-order valence-electron chi connectivity index (χ0n) is 33.1. The van der Waals surface area contributed by atoms with E-state index in [0.29, 0.717) is 6.42 Å². The predicted octanol–water partition coefficient (Wildman–Crippen LogP) is 16.0. The van der Waals surface area contributed by atoms with Crippen LogP contribution >= 0.6 is 11.3 Å². The molecule has 0 radical (unpaired) electrons. The van der Waals surface area contributed by atoms with Crippen molar-refractivity contribution in [2.45, 2.75) is 13.3 Å². The summed E-state index contributed by atoms with van der Waals surface area (Å²) < 4.78 is 4.97. The van der Waals surface area contributed by atoms with Gasteiger partial charge in [-0.05, 0) is 126 Å². The van der Waals surface area contributed by atoms with E-state index in [-0.39, 0.29) is 0 Å². The number of fused-ring (bicyclic) bond motifs is 6. The van der Waals surface area contributed by atoms with Gasteiger partial charge in [0.1, 0.15) is 0 Å². The highest BCUT2D eigenvalue weighted by molar-refractivity contribution is 7.25. The van der Waals surface area contributed by atoms with Crippen LogP contribution in [0.25, 0.3) is 81.1 Å². The average molecular weight is 786 g/mol. The molecule has 1 aliphatic rings. The van der Waals surface area contributed by atoms with Gasteiger partial charge in [0.15, 0.2) is 0 Å². The summed E-state index contributed by atoms with van der Waals surface area (Å²) in [5, 5.41) is 14.8. The van der Waals surface area contributed by atoms with Crippen LogP contribution in [0.3, 0.4) is 0 Å². The first-order valence-electron chi connectivity index (χ1n) is 20.4. The maximum Gasteiger partial charge on any atom is 0.0764 e. The quantitative estimate of drug-likeness (QED) is 0.161. The number of rotatable bonds is 7. The molecule has 0 saturated carbocycles. The van der Waals surface area contributed by atoms with E-state index >= 15 is 0 Å². The number of thiophene rings is 1. The second-order valence-corrected chi connectivity index (χ2v) is 17.0. The minimum atomic E-state index is -0.470. The summed E-state index contributed by atoms with van der Waals surface area (Å²) in [7, 11) is 0. The number of aromatic nitrogens is 1. The van der Waals surface area contributed by atoms with Crippen LogP contribution in [0.1, 0.15) is 13.3 Å². The van der Waals surface area contributed by atoms with Crippen LogP contribution in [-0.2, 0) is 0 Å². The SMILES string of the molecule is CC1(C#N)C=CC(n2c3ccccc3c3cc(-c4ccc(N(c5ccc(-c6ccccc6)cc5)c5ccc(-c6ccc7sc8ccccc8c7c6)cc5)cc4)ccc32)=CC1. The van der Waals surface area contributed by atoms with Gasteiger partial charge >= 0.3 is 0 Å². The van der Waals surface area contributed by atoms with Crippen LogP contribution in [-0.4, -0.2) is 4.57 Å². The molecule has 11 rings (SSSR count). The Kier molecular flexibility index (Phi) is 8.58. The van der Waals surface area contributed by atoms with Crippen LogP contribution in [0.4, 0.5) is 17.1 Å². The van der Waals surface area contributed by atoms with E-state index in [0.717, 1.165) is 39.4 Å². The second-order valence-electron chi connectivity index (χ2n) is 15.9. The van der Waals surface area contributed by atoms with Gasteiger partial charge in [-0.2, -0.15) is 5.26 Å². The Labute approximate surface area is 353 Å². The van der Waals surface area contributed by atoms with Crippen molar-refractivity contribution in [2.24, 2.45) is 5.41 Å². The molecule has 0 fully saturated rings. The molecule has 2 aromatic heterocycles. The molecule has 1 atom stereocenters. The monoisotopic (exact) mass is 785 g/mol. The van der Waals surface area contributed by atoms with Crippen molar-refractivity contribution < 1.29 is 0 Å². The molecule has 0 amide bonds.